The fourth-order valence-corrected chi connectivity index (χ4v) is 4.73. The highest BCUT2D eigenvalue weighted by Gasteiger charge is 2.24. The summed E-state index contributed by atoms with van der Waals surface area (Å²) in [6.45, 7) is 2.11. The van der Waals surface area contributed by atoms with Gasteiger partial charge in [-0.2, -0.15) is 0 Å². The number of nitrogens with zero attached hydrogens (tertiary/aromatic N) is 1. The summed E-state index contributed by atoms with van der Waals surface area (Å²) in [7, 11) is 4.42. The number of carbonyl (C=O) groups is 3. The van der Waals surface area contributed by atoms with Crippen LogP contribution >= 0.6 is 0 Å². The van der Waals surface area contributed by atoms with E-state index in [-0.39, 0.29) is 19.1 Å². The second-order valence-electron chi connectivity index (χ2n) is 10.3. The van der Waals surface area contributed by atoms with Crippen LogP contribution in [0.4, 0.5) is 4.79 Å². The van der Waals surface area contributed by atoms with Crippen LogP contribution < -0.4 is 20.1 Å². The van der Waals surface area contributed by atoms with Gasteiger partial charge in [0.15, 0.2) is 11.5 Å². The van der Waals surface area contributed by atoms with Crippen LogP contribution in [0.2, 0.25) is 0 Å². The number of amides is 2. The molecule has 1 aromatic heterocycles. The first kappa shape index (κ1) is 33.3. The Kier molecular flexibility index (Phi) is 11.9. The Labute approximate surface area is 268 Å². The highest BCUT2D eigenvalue weighted by atomic mass is 16.5. The minimum Gasteiger partial charge on any atom is -0.493 e. The molecule has 2 amide bonds. The Morgan fingerprint density at radius 2 is 1.57 bits per heavy atom. The first-order valence-corrected chi connectivity index (χ1v) is 14.6. The molecule has 0 radical (unpaired) electrons. The van der Waals surface area contributed by atoms with Crippen molar-refractivity contribution in [2.24, 2.45) is 5.92 Å². The number of pyridine rings is 1. The van der Waals surface area contributed by atoms with Gasteiger partial charge in [0.05, 0.1) is 38.9 Å². The summed E-state index contributed by atoms with van der Waals surface area (Å²) in [5, 5.41) is 5.93. The van der Waals surface area contributed by atoms with Gasteiger partial charge in [-0.1, -0.05) is 67.6 Å². The van der Waals surface area contributed by atoms with Crippen LogP contribution in [0.3, 0.4) is 0 Å². The van der Waals surface area contributed by atoms with E-state index < -0.39 is 24.0 Å². The molecular formula is C36H37N3O7. The van der Waals surface area contributed by atoms with Gasteiger partial charge >= 0.3 is 12.1 Å². The smallest absolute Gasteiger partial charge is 0.408 e. The van der Waals surface area contributed by atoms with Gasteiger partial charge in [0.25, 0.3) is 0 Å². The van der Waals surface area contributed by atoms with Gasteiger partial charge in [-0.15, -0.1) is 0 Å². The second kappa shape index (κ2) is 16.4. The third kappa shape index (κ3) is 8.95. The lowest BCUT2D eigenvalue weighted by atomic mass is 9.90. The second-order valence-corrected chi connectivity index (χ2v) is 10.3. The van der Waals surface area contributed by atoms with Crippen molar-refractivity contribution in [1.29, 1.82) is 0 Å². The first-order valence-electron chi connectivity index (χ1n) is 14.6. The number of ether oxygens (including phenoxy) is 4. The van der Waals surface area contributed by atoms with Crippen LogP contribution in [0, 0.1) is 5.92 Å². The molecule has 10 nitrogen and oxygen atoms in total. The summed E-state index contributed by atoms with van der Waals surface area (Å²) in [4.78, 5) is 42.9. The lowest BCUT2D eigenvalue weighted by molar-refractivity contribution is -0.123. The number of carbonyl (C=O) groups excluding carboxylic acids is 3. The van der Waals surface area contributed by atoms with Crippen molar-refractivity contribution in [1.82, 2.24) is 15.6 Å². The molecule has 0 saturated carbocycles. The predicted octanol–water partition coefficient (Wildman–Crippen LogP) is 5.89. The van der Waals surface area contributed by atoms with Crippen molar-refractivity contribution in [3.8, 4) is 11.5 Å². The van der Waals surface area contributed by atoms with Crippen LogP contribution in [0.1, 0.15) is 45.6 Å². The fraction of sp³-hybridized carbons (Fsp3) is 0.222. The highest BCUT2D eigenvalue weighted by molar-refractivity contribution is 5.89. The molecule has 238 valence electrons. The molecule has 2 atom stereocenters. The van der Waals surface area contributed by atoms with Gasteiger partial charge in [0.1, 0.15) is 6.61 Å². The Morgan fingerprint density at radius 1 is 0.826 bits per heavy atom. The van der Waals surface area contributed by atoms with E-state index in [2.05, 4.69) is 15.6 Å². The van der Waals surface area contributed by atoms with E-state index in [1.54, 1.807) is 82.1 Å². The molecular weight excluding hydrogens is 586 g/mol. The zero-order chi connectivity index (χ0) is 32.9. The number of esters is 1. The molecule has 0 fully saturated rings. The van der Waals surface area contributed by atoms with Crippen molar-refractivity contribution in [3.63, 3.8) is 0 Å². The normalized spacial score (nSPS) is 12.3. The SMILES string of the molecule is COC(=O)c1ccc(C(NC(=O)OCc2ccccc2)/C(=C/[C@@H](C)C(=O)NCc2ccc(OC)c(OC)c2)c2cccnc2)cc1. The number of nitrogens with one attached hydrogen (secondary N) is 2. The molecule has 0 aliphatic heterocycles. The molecule has 4 rings (SSSR count). The first-order chi connectivity index (χ1) is 22.3. The third-order valence-corrected chi connectivity index (χ3v) is 7.20. The molecule has 1 unspecified atom stereocenters. The van der Waals surface area contributed by atoms with Crippen LogP contribution in [0.15, 0.2) is 103 Å². The minimum atomic E-state index is -0.764. The zero-order valence-corrected chi connectivity index (χ0v) is 26.2. The number of hydrogen-bond donors (Lipinski definition) is 2. The van der Waals surface area contributed by atoms with Gasteiger partial charge in [0.2, 0.25) is 5.91 Å². The van der Waals surface area contributed by atoms with Crippen LogP contribution in [0.25, 0.3) is 5.57 Å². The molecule has 0 spiro atoms. The van der Waals surface area contributed by atoms with E-state index >= 15 is 0 Å². The van der Waals surface area contributed by atoms with Crippen molar-refractivity contribution in [3.05, 3.63) is 131 Å². The van der Waals surface area contributed by atoms with E-state index in [4.69, 9.17) is 18.9 Å². The van der Waals surface area contributed by atoms with E-state index in [1.165, 1.54) is 7.11 Å². The number of benzene rings is 3. The molecule has 3 aromatic carbocycles. The Balaban J connectivity index is 1.63. The Morgan fingerprint density at radius 3 is 2.22 bits per heavy atom. The monoisotopic (exact) mass is 623 g/mol. The summed E-state index contributed by atoms with van der Waals surface area (Å²) in [6.07, 6.45) is 4.43. The predicted molar refractivity (Wildman–Crippen MR) is 173 cm³/mol. The molecule has 10 heteroatoms. The fourth-order valence-electron chi connectivity index (χ4n) is 4.73. The summed E-state index contributed by atoms with van der Waals surface area (Å²) in [6, 6.07) is 24.3. The maximum Gasteiger partial charge on any atom is 0.408 e. The van der Waals surface area contributed by atoms with Gasteiger partial charge in [-0.25, -0.2) is 9.59 Å². The van der Waals surface area contributed by atoms with E-state index in [0.29, 0.717) is 33.8 Å². The Bertz CT molecular complexity index is 1640. The van der Waals surface area contributed by atoms with Gasteiger partial charge in [0, 0.05) is 18.9 Å². The number of rotatable bonds is 13. The molecule has 0 aliphatic rings. The largest absolute Gasteiger partial charge is 0.493 e. The maximum atomic E-state index is 13.4. The molecule has 0 bridgehead atoms. The number of alkyl carbamates (subject to hydrolysis) is 1. The summed E-state index contributed by atoms with van der Waals surface area (Å²) < 4.78 is 21.1. The maximum absolute atomic E-state index is 13.4. The van der Waals surface area contributed by atoms with E-state index in [0.717, 1.165) is 11.1 Å². The lowest BCUT2D eigenvalue weighted by Gasteiger charge is -2.24. The van der Waals surface area contributed by atoms with Gasteiger partial charge < -0.3 is 29.6 Å². The van der Waals surface area contributed by atoms with Crippen molar-refractivity contribution in [2.45, 2.75) is 26.1 Å². The molecule has 2 N–H and O–H groups in total. The van der Waals surface area contributed by atoms with Crippen molar-refractivity contribution < 1.29 is 33.3 Å². The molecule has 1 heterocycles. The standard InChI is InChI=1S/C36H37N3O7/c1-24(34(40)38-21-26-12-17-31(43-2)32(20-26)44-3)19-30(29-11-8-18-37-22-29)33(27-13-15-28(16-14-27)35(41)45-4)39-36(42)46-23-25-9-6-5-7-10-25/h5-20,22,24,33H,21,23H2,1-4H3,(H,38,40)(H,39,42)/b30-19+/t24-,33?/m1/s1. The van der Waals surface area contributed by atoms with E-state index in [9.17, 15) is 14.4 Å². The zero-order valence-electron chi connectivity index (χ0n) is 26.2. The Hall–Kier alpha value is -5.64. The average Bonchev–Trinajstić information content (AvgIpc) is 3.11. The lowest BCUT2D eigenvalue weighted by Crippen LogP contribution is -2.31. The number of methoxy groups -OCH3 is 3. The number of aromatic nitrogens is 1. The van der Waals surface area contributed by atoms with Crippen LogP contribution in [0.5, 0.6) is 11.5 Å². The van der Waals surface area contributed by atoms with Crippen LogP contribution in [-0.2, 0) is 27.4 Å². The minimum absolute atomic E-state index is 0.0710. The van der Waals surface area contributed by atoms with Crippen molar-refractivity contribution in [2.75, 3.05) is 21.3 Å². The number of hydrogen-bond acceptors (Lipinski definition) is 8. The molecule has 0 aliphatic carbocycles. The average molecular weight is 624 g/mol. The molecule has 4 aromatic rings. The third-order valence-electron chi connectivity index (χ3n) is 7.20. The van der Waals surface area contributed by atoms with E-state index in [1.807, 2.05) is 42.5 Å². The topological polar surface area (TPSA) is 125 Å². The summed E-state index contributed by atoms with van der Waals surface area (Å²) in [5.41, 5.74) is 3.97. The summed E-state index contributed by atoms with van der Waals surface area (Å²) in [5.74, 6) is -0.180. The highest BCUT2D eigenvalue weighted by Crippen LogP contribution is 2.32. The van der Waals surface area contributed by atoms with Crippen molar-refractivity contribution >= 4 is 23.5 Å². The van der Waals surface area contributed by atoms with Gasteiger partial charge in [-0.05, 0) is 58.2 Å². The van der Waals surface area contributed by atoms with Crippen LogP contribution in [-0.4, -0.2) is 44.3 Å². The van der Waals surface area contributed by atoms with Gasteiger partial charge in [-0.3, -0.25) is 9.78 Å². The quantitative estimate of drug-likeness (QED) is 0.177. The molecule has 0 saturated heterocycles. The molecule has 46 heavy (non-hydrogen) atoms. The summed E-state index contributed by atoms with van der Waals surface area (Å²) >= 11 is 0.